The van der Waals surface area contributed by atoms with E-state index in [0.717, 1.165) is 13.1 Å². The molecular formula is C19H25N9O4. The minimum absolute atomic E-state index is 0.0345. The third-order valence-electron chi connectivity index (χ3n) is 4.75. The van der Waals surface area contributed by atoms with Crippen LogP contribution >= 0.6 is 0 Å². The standard InChI is InChI=1S/C19H25N9O4/c1-5-27(6-2)11-14-16(22-26-28(14)18-17(20)24-32-25-18)19(29)23-21-10-12-7-8-13(30-3)9-15(12)31-4/h7-10H,5-6,11H2,1-4H3,(H2,20,24)(H,23,29). The minimum atomic E-state index is -0.544. The van der Waals surface area contributed by atoms with E-state index < -0.39 is 5.91 Å². The zero-order chi connectivity index (χ0) is 23.1. The molecule has 0 radical (unpaired) electrons. The molecule has 3 N–H and O–H groups in total. The second-order valence-corrected chi connectivity index (χ2v) is 6.54. The molecule has 0 saturated heterocycles. The molecule has 0 spiro atoms. The number of amides is 1. The molecule has 0 aliphatic heterocycles. The summed E-state index contributed by atoms with van der Waals surface area (Å²) in [7, 11) is 3.10. The Labute approximate surface area is 184 Å². The summed E-state index contributed by atoms with van der Waals surface area (Å²) < 4.78 is 16.5. The number of anilines is 1. The summed E-state index contributed by atoms with van der Waals surface area (Å²) in [6.07, 6.45) is 1.46. The van der Waals surface area contributed by atoms with Crippen molar-refractivity contribution in [2.24, 2.45) is 5.10 Å². The molecule has 0 unspecified atom stereocenters. The van der Waals surface area contributed by atoms with Gasteiger partial charge in [0.25, 0.3) is 5.91 Å². The molecule has 3 rings (SSSR count). The van der Waals surface area contributed by atoms with Gasteiger partial charge in [0.05, 0.1) is 26.1 Å². The Kier molecular flexibility index (Phi) is 7.33. The number of carbonyl (C=O) groups is 1. The minimum Gasteiger partial charge on any atom is -0.497 e. The largest absolute Gasteiger partial charge is 0.497 e. The van der Waals surface area contributed by atoms with Gasteiger partial charge in [-0.05, 0) is 35.5 Å². The number of nitrogen functional groups attached to an aromatic ring is 1. The first-order valence-electron chi connectivity index (χ1n) is 9.83. The van der Waals surface area contributed by atoms with Crippen molar-refractivity contribution in [2.75, 3.05) is 33.0 Å². The van der Waals surface area contributed by atoms with Crippen LogP contribution in [-0.2, 0) is 6.54 Å². The van der Waals surface area contributed by atoms with Crippen molar-refractivity contribution in [3.63, 3.8) is 0 Å². The molecule has 32 heavy (non-hydrogen) atoms. The van der Waals surface area contributed by atoms with Crippen molar-refractivity contribution in [2.45, 2.75) is 20.4 Å². The molecule has 2 aromatic heterocycles. The van der Waals surface area contributed by atoms with Gasteiger partial charge in [0.15, 0.2) is 5.69 Å². The SMILES string of the molecule is CCN(CC)Cc1c(C(=O)NN=Cc2ccc(OC)cc2OC)nnn1-c1nonc1N. The number of hydrogen-bond acceptors (Lipinski definition) is 11. The molecule has 170 valence electrons. The molecule has 1 amide bonds. The number of benzene rings is 1. The predicted octanol–water partition coefficient (Wildman–Crippen LogP) is 0.855. The highest BCUT2D eigenvalue weighted by Gasteiger charge is 2.25. The molecule has 0 aliphatic rings. The number of carbonyl (C=O) groups excluding carboxylic acids is 1. The Morgan fingerprint density at radius 3 is 2.69 bits per heavy atom. The van der Waals surface area contributed by atoms with Crippen LogP contribution in [0.3, 0.4) is 0 Å². The van der Waals surface area contributed by atoms with E-state index in [1.165, 1.54) is 18.0 Å². The number of methoxy groups -OCH3 is 2. The lowest BCUT2D eigenvalue weighted by molar-refractivity contribution is 0.0948. The van der Waals surface area contributed by atoms with Crippen LogP contribution in [0.2, 0.25) is 0 Å². The second-order valence-electron chi connectivity index (χ2n) is 6.54. The summed E-state index contributed by atoms with van der Waals surface area (Å²) >= 11 is 0. The first kappa shape index (κ1) is 22.7. The van der Waals surface area contributed by atoms with Gasteiger partial charge in [0.1, 0.15) is 11.5 Å². The number of aromatic nitrogens is 5. The Balaban J connectivity index is 1.85. The zero-order valence-corrected chi connectivity index (χ0v) is 18.3. The van der Waals surface area contributed by atoms with E-state index in [9.17, 15) is 4.79 Å². The van der Waals surface area contributed by atoms with E-state index in [1.807, 2.05) is 13.8 Å². The average molecular weight is 443 g/mol. The fraction of sp³-hybridized carbons (Fsp3) is 0.368. The van der Waals surface area contributed by atoms with Crippen LogP contribution in [-0.4, -0.2) is 69.6 Å². The summed E-state index contributed by atoms with van der Waals surface area (Å²) in [4.78, 5) is 14.9. The monoisotopic (exact) mass is 443 g/mol. The molecule has 2 heterocycles. The number of nitrogens with zero attached hydrogens (tertiary/aromatic N) is 7. The predicted molar refractivity (Wildman–Crippen MR) is 115 cm³/mol. The zero-order valence-electron chi connectivity index (χ0n) is 18.3. The van der Waals surface area contributed by atoms with Crippen LogP contribution in [0.25, 0.3) is 5.82 Å². The number of hydrogen-bond donors (Lipinski definition) is 2. The molecular weight excluding hydrogens is 418 g/mol. The molecule has 13 heteroatoms. The van der Waals surface area contributed by atoms with Gasteiger partial charge in [-0.15, -0.1) is 5.10 Å². The Bertz CT molecular complexity index is 1090. The number of nitrogens with one attached hydrogen (secondary N) is 1. The maximum absolute atomic E-state index is 12.8. The summed E-state index contributed by atoms with van der Waals surface area (Å²) in [5, 5.41) is 19.4. The fourth-order valence-electron chi connectivity index (χ4n) is 2.93. The highest BCUT2D eigenvalue weighted by molar-refractivity contribution is 5.94. The molecule has 0 atom stereocenters. The van der Waals surface area contributed by atoms with Gasteiger partial charge in [-0.1, -0.05) is 19.1 Å². The topological polar surface area (TPSA) is 159 Å². The number of ether oxygens (including phenoxy) is 2. The molecule has 3 aromatic rings. The first-order valence-corrected chi connectivity index (χ1v) is 9.83. The number of rotatable bonds is 10. The Morgan fingerprint density at radius 2 is 2.06 bits per heavy atom. The van der Waals surface area contributed by atoms with E-state index in [0.29, 0.717) is 29.3 Å². The number of hydrazone groups is 1. The van der Waals surface area contributed by atoms with Gasteiger partial charge < -0.3 is 15.2 Å². The smallest absolute Gasteiger partial charge is 0.293 e. The highest BCUT2D eigenvalue weighted by atomic mass is 16.6. The van der Waals surface area contributed by atoms with Crippen LogP contribution in [0, 0.1) is 0 Å². The quantitative estimate of drug-likeness (QED) is 0.340. The summed E-state index contributed by atoms with van der Waals surface area (Å²) in [6.45, 7) is 5.91. The van der Waals surface area contributed by atoms with Crippen molar-refractivity contribution in [3.05, 3.63) is 35.2 Å². The lowest BCUT2D eigenvalue weighted by Crippen LogP contribution is -2.27. The van der Waals surface area contributed by atoms with Gasteiger partial charge in [-0.3, -0.25) is 9.69 Å². The van der Waals surface area contributed by atoms with Gasteiger partial charge in [-0.2, -0.15) is 9.78 Å². The van der Waals surface area contributed by atoms with Crippen molar-refractivity contribution in [3.8, 4) is 17.3 Å². The highest BCUT2D eigenvalue weighted by Crippen LogP contribution is 2.23. The molecule has 0 aliphatic carbocycles. The first-order chi connectivity index (χ1) is 15.5. The lowest BCUT2D eigenvalue weighted by atomic mass is 10.2. The van der Waals surface area contributed by atoms with Crippen molar-refractivity contribution >= 4 is 17.9 Å². The van der Waals surface area contributed by atoms with E-state index in [1.54, 1.807) is 25.3 Å². The number of nitrogens with two attached hydrogens (primary N) is 1. The van der Waals surface area contributed by atoms with Crippen LogP contribution in [0.5, 0.6) is 11.5 Å². The molecule has 13 nitrogen and oxygen atoms in total. The van der Waals surface area contributed by atoms with E-state index in [-0.39, 0.29) is 17.3 Å². The fourth-order valence-corrected chi connectivity index (χ4v) is 2.93. The van der Waals surface area contributed by atoms with E-state index in [2.05, 4.69) is 40.7 Å². The maximum atomic E-state index is 12.8. The van der Waals surface area contributed by atoms with Gasteiger partial charge >= 0.3 is 0 Å². The third kappa shape index (κ3) is 4.83. The molecule has 1 aromatic carbocycles. The van der Waals surface area contributed by atoms with Crippen LogP contribution < -0.4 is 20.6 Å². The van der Waals surface area contributed by atoms with E-state index >= 15 is 0 Å². The van der Waals surface area contributed by atoms with Gasteiger partial charge in [0, 0.05) is 18.2 Å². The van der Waals surface area contributed by atoms with Crippen molar-refractivity contribution in [1.82, 2.24) is 35.6 Å². The van der Waals surface area contributed by atoms with Crippen LogP contribution in [0.4, 0.5) is 5.82 Å². The molecule has 0 fully saturated rings. The maximum Gasteiger partial charge on any atom is 0.293 e. The Hall–Kier alpha value is -4.00. The van der Waals surface area contributed by atoms with Crippen LogP contribution in [0.1, 0.15) is 35.6 Å². The summed E-state index contributed by atoms with van der Waals surface area (Å²) in [5.41, 5.74) is 9.48. The lowest BCUT2D eigenvalue weighted by Gasteiger charge is -2.18. The third-order valence-corrected chi connectivity index (χ3v) is 4.75. The Morgan fingerprint density at radius 1 is 1.28 bits per heavy atom. The van der Waals surface area contributed by atoms with Crippen molar-refractivity contribution in [1.29, 1.82) is 0 Å². The second kappa shape index (κ2) is 10.3. The average Bonchev–Trinajstić information content (AvgIpc) is 3.42. The molecule has 0 saturated carbocycles. The normalized spacial score (nSPS) is 11.3. The molecule has 0 bridgehead atoms. The summed E-state index contributed by atoms with van der Waals surface area (Å²) in [6, 6.07) is 5.24. The summed E-state index contributed by atoms with van der Waals surface area (Å²) in [5.74, 6) is 0.835. The van der Waals surface area contributed by atoms with Crippen LogP contribution in [0.15, 0.2) is 27.9 Å². The van der Waals surface area contributed by atoms with Gasteiger partial charge in [0.2, 0.25) is 11.6 Å². The van der Waals surface area contributed by atoms with E-state index in [4.69, 9.17) is 15.2 Å². The van der Waals surface area contributed by atoms with Gasteiger partial charge in [-0.25, -0.2) is 10.1 Å². The van der Waals surface area contributed by atoms with Crippen molar-refractivity contribution < 1.29 is 18.9 Å².